The van der Waals surface area contributed by atoms with Gasteiger partial charge in [0, 0.05) is 24.8 Å². The molecule has 0 amide bonds. The average molecular weight is 435 g/mol. The van der Waals surface area contributed by atoms with E-state index in [1.165, 1.54) is 9.36 Å². The van der Waals surface area contributed by atoms with Crippen molar-refractivity contribution in [3.05, 3.63) is 70.4 Å². The molecule has 2 aromatic heterocycles. The number of rotatable bonds is 7. The molecule has 0 fully saturated rings. The van der Waals surface area contributed by atoms with Gasteiger partial charge in [-0.15, -0.1) is 0 Å². The van der Waals surface area contributed by atoms with Gasteiger partial charge in [0.25, 0.3) is 0 Å². The van der Waals surface area contributed by atoms with Crippen LogP contribution in [-0.4, -0.2) is 36.7 Å². The molecule has 0 unspecified atom stereocenters. The Kier molecular flexibility index (Phi) is 5.81. The SMILES string of the molecule is COc1cccc(-n2nnn(C)c2=O)c1COc1ccc(-c2cnn(C(C)C)c2)cc1C. The molecule has 0 saturated carbocycles. The highest BCUT2D eigenvalue weighted by Gasteiger charge is 2.16. The summed E-state index contributed by atoms with van der Waals surface area (Å²) in [5, 5.41) is 12.2. The predicted octanol–water partition coefficient (Wildman–Crippen LogP) is 3.31. The number of hydrogen-bond acceptors (Lipinski definition) is 6. The lowest BCUT2D eigenvalue weighted by atomic mass is 10.1. The summed E-state index contributed by atoms with van der Waals surface area (Å²) in [6, 6.07) is 11.8. The Labute approximate surface area is 185 Å². The van der Waals surface area contributed by atoms with Crippen molar-refractivity contribution in [2.75, 3.05) is 7.11 Å². The molecule has 0 aliphatic carbocycles. The van der Waals surface area contributed by atoms with Crippen LogP contribution in [0.25, 0.3) is 16.8 Å². The average Bonchev–Trinajstić information content (AvgIpc) is 3.40. The lowest BCUT2D eigenvalue weighted by Gasteiger charge is -2.15. The van der Waals surface area contributed by atoms with Crippen LogP contribution in [0, 0.1) is 6.92 Å². The topological polar surface area (TPSA) is 89.0 Å². The van der Waals surface area contributed by atoms with Gasteiger partial charge in [-0.2, -0.15) is 14.5 Å². The smallest absolute Gasteiger partial charge is 0.368 e. The number of nitrogens with zero attached hydrogens (tertiary/aromatic N) is 6. The lowest BCUT2D eigenvalue weighted by molar-refractivity contribution is 0.294. The summed E-state index contributed by atoms with van der Waals surface area (Å²) < 4.78 is 16.0. The first-order chi connectivity index (χ1) is 15.4. The Morgan fingerprint density at radius 1 is 1.06 bits per heavy atom. The van der Waals surface area contributed by atoms with E-state index in [9.17, 15) is 4.79 Å². The van der Waals surface area contributed by atoms with Gasteiger partial charge in [0.2, 0.25) is 0 Å². The molecule has 0 N–H and O–H groups in total. The summed E-state index contributed by atoms with van der Waals surface area (Å²) >= 11 is 0. The maximum Gasteiger partial charge on any atom is 0.368 e. The van der Waals surface area contributed by atoms with Crippen molar-refractivity contribution < 1.29 is 9.47 Å². The second kappa shape index (κ2) is 8.70. The Morgan fingerprint density at radius 3 is 2.50 bits per heavy atom. The van der Waals surface area contributed by atoms with Crippen molar-refractivity contribution in [2.24, 2.45) is 7.05 Å². The molecule has 0 spiro atoms. The van der Waals surface area contributed by atoms with Crippen LogP contribution in [0.1, 0.15) is 31.0 Å². The van der Waals surface area contributed by atoms with Crippen molar-refractivity contribution in [2.45, 2.75) is 33.4 Å². The van der Waals surface area contributed by atoms with Gasteiger partial charge in [0.1, 0.15) is 18.1 Å². The molecule has 9 heteroatoms. The van der Waals surface area contributed by atoms with Crippen molar-refractivity contribution in [3.63, 3.8) is 0 Å². The first-order valence-electron chi connectivity index (χ1n) is 10.3. The highest BCUT2D eigenvalue weighted by atomic mass is 16.5. The second-order valence-corrected chi connectivity index (χ2v) is 7.83. The minimum absolute atomic E-state index is 0.202. The highest BCUT2D eigenvalue weighted by molar-refractivity contribution is 5.64. The molecule has 4 rings (SSSR count). The largest absolute Gasteiger partial charge is 0.496 e. The van der Waals surface area contributed by atoms with E-state index in [1.807, 2.05) is 42.2 Å². The molecule has 0 saturated heterocycles. The number of aromatic nitrogens is 6. The second-order valence-electron chi connectivity index (χ2n) is 7.83. The molecule has 2 heterocycles. The van der Waals surface area contributed by atoms with Gasteiger partial charge in [-0.3, -0.25) is 4.68 Å². The molecule has 4 aromatic rings. The summed E-state index contributed by atoms with van der Waals surface area (Å²) in [5.41, 5.74) is 4.06. The van der Waals surface area contributed by atoms with E-state index < -0.39 is 0 Å². The predicted molar refractivity (Wildman–Crippen MR) is 120 cm³/mol. The van der Waals surface area contributed by atoms with Gasteiger partial charge in [-0.05, 0) is 66.6 Å². The van der Waals surface area contributed by atoms with Gasteiger partial charge in [0.15, 0.2) is 0 Å². The Balaban J connectivity index is 1.61. The first kappa shape index (κ1) is 21.4. The first-order valence-corrected chi connectivity index (χ1v) is 10.3. The third-order valence-corrected chi connectivity index (χ3v) is 5.29. The zero-order chi connectivity index (χ0) is 22.8. The van der Waals surface area contributed by atoms with E-state index >= 15 is 0 Å². The van der Waals surface area contributed by atoms with E-state index in [-0.39, 0.29) is 12.3 Å². The molecule has 9 nitrogen and oxygen atoms in total. The van der Waals surface area contributed by atoms with Crippen LogP contribution < -0.4 is 15.2 Å². The minimum atomic E-state index is -0.345. The van der Waals surface area contributed by atoms with Crippen molar-refractivity contribution >= 4 is 0 Å². The summed E-state index contributed by atoms with van der Waals surface area (Å²) in [6.07, 6.45) is 3.91. The monoisotopic (exact) mass is 434 g/mol. The van der Waals surface area contributed by atoms with Crippen molar-refractivity contribution in [3.8, 4) is 28.3 Å². The molecular weight excluding hydrogens is 408 g/mol. The number of methoxy groups -OCH3 is 1. The third-order valence-electron chi connectivity index (χ3n) is 5.29. The zero-order valence-corrected chi connectivity index (χ0v) is 18.8. The van der Waals surface area contributed by atoms with Crippen molar-refractivity contribution in [1.82, 2.24) is 29.6 Å². The number of ether oxygens (including phenoxy) is 2. The van der Waals surface area contributed by atoms with Crippen LogP contribution in [0.4, 0.5) is 0 Å². The Morgan fingerprint density at radius 2 is 1.88 bits per heavy atom. The third kappa shape index (κ3) is 4.01. The van der Waals surface area contributed by atoms with Gasteiger partial charge >= 0.3 is 5.69 Å². The number of tetrazole rings is 1. The minimum Gasteiger partial charge on any atom is -0.496 e. The lowest BCUT2D eigenvalue weighted by Crippen LogP contribution is -2.23. The van der Waals surface area contributed by atoms with E-state index in [1.54, 1.807) is 26.3 Å². The zero-order valence-electron chi connectivity index (χ0n) is 18.8. The number of benzene rings is 2. The van der Waals surface area contributed by atoms with Crippen LogP contribution in [0.3, 0.4) is 0 Å². The van der Waals surface area contributed by atoms with Crippen LogP contribution in [-0.2, 0) is 13.7 Å². The van der Waals surface area contributed by atoms with Gasteiger partial charge in [-0.25, -0.2) is 4.79 Å². The Bertz CT molecular complexity index is 1300. The van der Waals surface area contributed by atoms with E-state index in [0.29, 0.717) is 23.0 Å². The molecule has 32 heavy (non-hydrogen) atoms. The summed E-state index contributed by atoms with van der Waals surface area (Å²) in [7, 11) is 3.14. The van der Waals surface area contributed by atoms with Crippen LogP contribution in [0.15, 0.2) is 53.6 Å². The van der Waals surface area contributed by atoms with E-state index in [4.69, 9.17) is 9.47 Å². The maximum atomic E-state index is 12.4. The quantitative estimate of drug-likeness (QED) is 0.443. The number of hydrogen-bond donors (Lipinski definition) is 0. The normalized spacial score (nSPS) is 11.2. The van der Waals surface area contributed by atoms with Gasteiger partial charge in [-0.1, -0.05) is 12.1 Å². The van der Waals surface area contributed by atoms with Crippen LogP contribution in [0.2, 0.25) is 0 Å². The fourth-order valence-electron chi connectivity index (χ4n) is 3.46. The highest BCUT2D eigenvalue weighted by Crippen LogP contribution is 2.30. The molecule has 0 radical (unpaired) electrons. The molecule has 166 valence electrons. The van der Waals surface area contributed by atoms with Gasteiger partial charge < -0.3 is 9.47 Å². The standard InChI is InChI=1S/C23H26N6O3/c1-15(2)28-13-18(12-24-28)17-9-10-21(16(3)11-17)32-14-19-20(7-6-8-22(19)31-5)29-23(30)27(4)25-26-29/h6-13,15H,14H2,1-5H3. The summed E-state index contributed by atoms with van der Waals surface area (Å²) in [4.78, 5) is 12.4. The van der Waals surface area contributed by atoms with Crippen molar-refractivity contribution in [1.29, 1.82) is 0 Å². The molecule has 0 atom stereocenters. The molecule has 0 aliphatic heterocycles. The molecule has 0 bridgehead atoms. The molecule has 2 aromatic carbocycles. The summed E-state index contributed by atoms with van der Waals surface area (Å²) in [5.74, 6) is 1.35. The maximum absolute atomic E-state index is 12.4. The fraction of sp³-hybridized carbons (Fsp3) is 0.304. The van der Waals surface area contributed by atoms with E-state index in [0.717, 1.165) is 22.4 Å². The molecular formula is C23H26N6O3. The van der Waals surface area contributed by atoms with Gasteiger partial charge in [0.05, 0.1) is 24.6 Å². The fourth-order valence-corrected chi connectivity index (χ4v) is 3.46. The number of aryl methyl sites for hydroxylation is 2. The summed E-state index contributed by atoms with van der Waals surface area (Å²) in [6.45, 7) is 6.40. The van der Waals surface area contributed by atoms with Crippen LogP contribution in [0.5, 0.6) is 11.5 Å². The molecule has 0 aliphatic rings. The Hall–Kier alpha value is -3.88. The van der Waals surface area contributed by atoms with E-state index in [2.05, 4.69) is 35.4 Å². The van der Waals surface area contributed by atoms with Crippen LogP contribution >= 0.6 is 0 Å².